The van der Waals surface area contributed by atoms with Gasteiger partial charge in [0.2, 0.25) is 0 Å². The number of nitrogens with zero attached hydrogens (tertiary/aromatic N) is 1. The molecule has 0 heterocycles. The first-order chi connectivity index (χ1) is 10.3. The molecule has 0 saturated heterocycles. The SMILES string of the molecule is CCCNC(CC)c1ccccc1N(CCO)C1CCC1. The second-order valence-electron chi connectivity index (χ2n) is 5.98. The van der Waals surface area contributed by atoms with Crippen LogP contribution in [0.3, 0.4) is 0 Å². The van der Waals surface area contributed by atoms with Crippen LogP contribution in [0.1, 0.15) is 57.6 Å². The lowest BCUT2D eigenvalue weighted by Gasteiger charge is -2.40. The predicted octanol–water partition coefficient (Wildman–Crippen LogP) is 3.49. The Hall–Kier alpha value is -1.06. The van der Waals surface area contributed by atoms with E-state index in [0.717, 1.165) is 25.9 Å². The maximum absolute atomic E-state index is 9.44. The molecule has 1 fully saturated rings. The van der Waals surface area contributed by atoms with Gasteiger partial charge in [-0.05, 0) is 50.3 Å². The molecule has 0 spiro atoms. The first-order valence-corrected chi connectivity index (χ1v) is 8.51. The summed E-state index contributed by atoms with van der Waals surface area (Å²) in [5, 5.41) is 13.1. The largest absolute Gasteiger partial charge is 0.395 e. The molecule has 3 heteroatoms. The summed E-state index contributed by atoms with van der Waals surface area (Å²) in [5.74, 6) is 0. The fraction of sp³-hybridized carbons (Fsp3) is 0.667. The van der Waals surface area contributed by atoms with Crippen LogP contribution < -0.4 is 10.2 Å². The molecule has 0 aliphatic heterocycles. The van der Waals surface area contributed by atoms with Gasteiger partial charge in [0, 0.05) is 24.3 Å². The molecule has 1 aliphatic carbocycles. The summed E-state index contributed by atoms with van der Waals surface area (Å²) in [6, 6.07) is 9.74. The van der Waals surface area contributed by atoms with Crippen molar-refractivity contribution in [3.8, 4) is 0 Å². The lowest BCUT2D eigenvalue weighted by molar-refractivity contribution is 0.283. The summed E-state index contributed by atoms with van der Waals surface area (Å²) in [5.41, 5.74) is 2.69. The standard InChI is InChI=1S/C18H30N2O/c1-3-12-19-17(4-2)16-10-5-6-11-18(16)20(13-14-21)15-8-7-9-15/h5-6,10-11,15,17,19,21H,3-4,7-9,12-14H2,1-2H3. The van der Waals surface area contributed by atoms with Crippen molar-refractivity contribution >= 4 is 5.69 Å². The van der Waals surface area contributed by atoms with Gasteiger partial charge in [-0.2, -0.15) is 0 Å². The Morgan fingerprint density at radius 2 is 2.05 bits per heavy atom. The quantitative estimate of drug-likeness (QED) is 0.731. The minimum atomic E-state index is 0.226. The van der Waals surface area contributed by atoms with Gasteiger partial charge in [-0.15, -0.1) is 0 Å². The minimum Gasteiger partial charge on any atom is -0.395 e. The number of rotatable bonds is 9. The van der Waals surface area contributed by atoms with Crippen LogP contribution >= 0.6 is 0 Å². The van der Waals surface area contributed by atoms with Crippen LogP contribution in [-0.2, 0) is 0 Å². The number of hydrogen-bond acceptors (Lipinski definition) is 3. The monoisotopic (exact) mass is 290 g/mol. The summed E-state index contributed by atoms with van der Waals surface area (Å²) in [6.45, 7) is 6.47. The lowest BCUT2D eigenvalue weighted by Crippen LogP contribution is -2.42. The Morgan fingerprint density at radius 3 is 2.62 bits per heavy atom. The van der Waals surface area contributed by atoms with Crippen molar-refractivity contribution in [1.82, 2.24) is 5.32 Å². The Kier molecular flexibility index (Phi) is 6.52. The van der Waals surface area contributed by atoms with E-state index in [-0.39, 0.29) is 6.61 Å². The first-order valence-electron chi connectivity index (χ1n) is 8.51. The molecule has 21 heavy (non-hydrogen) atoms. The van der Waals surface area contributed by atoms with E-state index in [0.29, 0.717) is 12.1 Å². The number of nitrogens with one attached hydrogen (secondary N) is 1. The maximum Gasteiger partial charge on any atom is 0.0606 e. The molecule has 1 aliphatic rings. The molecule has 118 valence electrons. The highest BCUT2D eigenvalue weighted by atomic mass is 16.3. The Balaban J connectivity index is 2.24. The number of para-hydroxylation sites is 1. The normalized spacial score (nSPS) is 16.5. The van der Waals surface area contributed by atoms with E-state index in [9.17, 15) is 5.11 Å². The van der Waals surface area contributed by atoms with Gasteiger partial charge in [-0.1, -0.05) is 32.0 Å². The molecule has 2 N–H and O–H groups in total. The Bertz CT molecular complexity index is 417. The molecular formula is C18H30N2O. The second-order valence-corrected chi connectivity index (χ2v) is 5.98. The summed E-state index contributed by atoms with van der Waals surface area (Å²) in [6.07, 6.45) is 6.08. The molecule has 0 bridgehead atoms. The second kappa shape index (κ2) is 8.40. The van der Waals surface area contributed by atoms with Crippen LogP contribution in [0, 0.1) is 0 Å². The van der Waals surface area contributed by atoms with Crippen LogP contribution in [-0.4, -0.2) is 30.8 Å². The van der Waals surface area contributed by atoms with Gasteiger partial charge < -0.3 is 15.3 Å². The maximum atomic E-state index is 9.44. The van der Waals surface area contributed by atoms with Crippen LogP contribution in [0.15, 0.2) is 24.3 Å². The third kappa shape index (κ3) is 3.98. The van der Waals surface area contributed by atoms with E-state index in [1.807, 2.05) is 0 Å². The highest BCUT2D eigenvalue weighted by molar-refractivity contribution is 5.56. The number of aliphatic hydroxyl groups is 1. The van der Waals surface area contributed by atoms with Gasteiger partial charge in [0.05, 0.1) is 6.61 Å². The predicted molar refractivity (Wildman–Crippen MR) is 89.8 cm³/mol. The van der Waals surface area contributed by atoms with E-state index < -0.39 is 0 Å². The number of benzene rings is 1. The van der Waals surface area contributed by atoms with Crippen molar-refractivity contribution in [3.05, 3.63) is 29.8 Å². The topological polar surface area (TPSA) is 35.5 Å². The zero-order valence-corrected chi connectivity index (χ0v) is 13.5. The zero-order valence-electron chi connectivity index (χ0n) is 13.5. The third-order valence-corrected chi connectivity index (χ3v) is 4.53. The third-order valence-electron chi connectivity index (χ3n) is 4.53. The average Bonchev–Trinajstić information content (AvgIpc) is 2.46. The van der Waals surface area contributed by atoms with Gasteiger partial charge >= 0.3 is 0 Å². The fourth-order valence-corrected chi connectivity index (χ4v) is 3.14. The molecule has 1 aromatic carbocycles. The molecule has 1 atom stereocenters. The highest BCUT2D eigenvalue weighted by Crippen LogP contribution is 2.34. The van der Waals surface area contributed by atoms with Gasteiger partial charge in [0.15, 0.2) is 0 Å². The van der Waals surface area contributed by atoms with Crippen molar-refractivity contribution < 1.29 is 5.11 Å². The van der Waals surface area contributed by atoms with Crippen molar-refractivity contribution in [2.24, 2.45) is 0 Å². The van der Waals surface area contributed by atoms with Crippen LogP contribution in [0.5, 0.6) is 0 Å². The van der Waals surface area contributed by atoms with E-state index in [4.69, 9.17) is 0 Å². The molecule has 0 radical (unpaired) electrons. The Morgan fingerprint density at radius 1 is 1.29 bits per heavy atom. The number of anilines is 1. The first kappa shape index (κ1) is 16.3. The van der Waals surface area contributed by atoms with E-state index in [2.05, 4.69) is 48.3 Å². The van der Waals surface area contributed by atoms with Crippen LogP contribution in [0.4, 0.5) is 5.69 Å². The molecule has 0 amide bonds. The van der Waals surface area contributed by atoms with Gasteiger partial charge in [0.1, 0.15) is 0 Å². The molecular weight excluding hydrogens is 260 g/mol. The van der Waals surface area contributed by atoms with Crippen molar-refractivity contribution in [2.75, 3.05) is 24.6 Å². The smallest absolute Gasteiger partial charge is 0.0606 e. The fourth-order valence-electron chi connectivity index (χ4n) is 3.14. The van der Waals surface area contributed by atoms with Gasteiger partial charge in [0.25, 0.3) is 0 Å². The minimum absolute atomic E-state index is 0.226. The zero-order chi connectivity index (χ0) is 15.1. The van der Waals surface area contributed by atoms with Gasteiger partial charge in [-0.25, -0.2) is 0 Å². The summed E-state index contributed by atoms with van der Waals surface area (Å²) in [7, 11) is 0. The molecule has 1 unspecified atom stereocenters. The van der Waals surface area contributed by atoms with Crippen LogP contribution in [0.25, 0.3) is 0 Å². The highest BCUT2D eigenvalue weighted by Gasteiger charge is 2.27. The average molecular weight is 290 g/mol. The molecule has 2 rings (SSSR count). The van der Waals surface area contributed by atoms with Crippen molar-refractivity contribution in [1.29, 1.82) is 0 Å². The molecule has 3 nitrogen and oxygen atoms in total. The molecule has 1 aromatic rings. The van der Waals surface area contributed by atoms with E-state index >= 15 is 0 Å². The van der Waals surface area contributed by atoms with E-state index in [1.54, 1.807) is 0 Å². The van der Waals surface area contributed by atoms with Crippen LogP contribution in [0.2, 0.25) is 0 Å². The lowest BCUT2D eigenvalue weighted by atomic mass is 9.90. The molecule has 0 aromatic heterocycles. The number of aliphatic hydroxyl groups excluding tert-OH is 1. The van der Waals surface area contributed by atoms with Crippen molar-refractivity contribution in [2.45, 2.75) is 58.0 Å². The van der Waals surface area contributed by atoms with E-state index in [1.165, 1.54) is 30.5 Å². The summed E-state index contributed by atoms with van der Waals surface area (Å²) >= 11 is 0. The van der Waals surface area contributed by atoms with Gasteiger partial charge in [-0.3, -0.25) is 0 Å². The Labute approximate surface area is 129 Å². The van der Waals surface area contributed by atoms with Crippen molar-refractivity contribution in [3.63, 3.8) is 0 Å². The summed E-state index contributed by atoms with van der Waals surface area (Å²) in [4.78, 5) is 2.43. The summed E-state index contributed by atoms with van der Waals surface area (Å²) < 4.78 is 0. The molecule has 1 saturated carbocycles. The number of hydrogen-bond donors (Lipinski definition) is 2.